The molecule has 37 heavy (non-hydrogen) atoms. The smallest absolute Gasteiger partial charge is 0.221 e. The summed E-state index contributed by atoms with van der Waals surface area (Å²) in [5.74, 6) is 2.21. The lowest BCUT2D eigenvalue weighted by Gasteiger charge is -2.22. The summed E-state index contributed by atoms with van der Waals surface area (Å²) in [6.07, 6.45) is 0.800. The number of rotatable bonds is 9. The lowest BCUT2D eigenvalue weighted by atomic mass is 10.2. The molecule has 0 aliphatic rings. The molecule has 3 aromatic carbocycles. The molecule has 2 N–H and O–H groups in total. The second-order valence-electron chi connectivity index (χ2n) is 8.36. The van der Waals surface area contributed by atoms with E-state index in [1.165, 1.54) is 4.90 Å². The van der Waals surface area contributed by atoms with E-state index in [1.54, 1.807) is 26.3 Å². The summed E-state index contributed by atoms with van der Waals surface area (Å²) in [7, 11) is 3.27. The number of benzene rings is 3. The fourth-order valence-electron chi connectivity index (χ4n) is 3.32. The number of anilines is 1. The van der Waals surface area contributed by atoms with Gasteiger partial charge in [0.15, 0.2) is 0 Å². The van der Waals surface area contributed by atoms with Gasteiger partial charge in [0, 0.05) is 24.3 Å². The Labute approximate surface area is 223 Å². The average Bonchev–Trinajstić information content (AvgIpc) is 2.91. The first kappa shape index (κ1) is 27.5. The zero-order valence-electron chi connectivity index (χ0n) is 21.4. The second-order valence-corrected chi connectivity index (χ2v) is 8.80. The highest BCUT2D eigenvalue weighted by molar-refractivity contribution is 6.30. The van der Waals surface area contributed by atoms with E-state index in [-0.39, 0.29) is 12.6 Å². The average molecular weight is 522 g/mol. The Morgan fingerprint density at radius 2 is 1.59 bits per heavy atom. The van der Waals surface area contributed by atoms with Crippen LogP contribution in [0.4, 0.5) is 5.69 Å². The van der Waals surface area contributed by atoms with E-state index in [2.05, 4.69) is 20.6 Å². The summed E-state index contributed by atoms with van der Waals surface area (Å²) in [5, 5.41) is 7.09. The number of carbonyl (C=O) groups excluding carboxylic acids is 1. The standard InChI is InChI=1S/C28H32ClN5O3/c1-20(2)37-26-15-11-24(12-16-26)32-28(34(19-35)18-22-5-9-23(29)10-6-22)33-27(30-3)31-17-21-7-13-25(36-4)14-8-21/h5-16,19-20H,17-18H2,1-4H3,(H2,30,31,32,33). The molecule has 0 radical (unpaired) electrons. The molecule has 0 aliphatic carbocycles. The molecule has 0 aliphatic heterocycles. The molecule has 0 aromatic heterocycles. The Hall–Kier alpha value is -4.04. The summed E-state index contributed by atoms with van der Waals surface area (Å²) in [6, 6.07) is 22.5. The maximum absolute atomic E-state index is 12.2. The number of nitrogens with one attached hydrogen (secondary N) is 2. The molecule has 3 aromatic rings. The topological polar surface area (TPSA) is 87.6 Å². The van der Waals surface area contributed by atoms with Crippen molar-refractivity contribution in [2.24, 2.45) is 9.98 Å². The van der Waals surface area contributed by atoms with Gasteiger partial charge in [0.1, 0.15) is 11.5 Å². The highest BCUT2D eigenvalue weighted by atomic mass is 35.5. The van der Waals surface area contributed by atoms with Crippen LogP contribution in [0.2, 0.25) is 5.02 Å². The molecular formula is C28H32ClN5O3. The first-order valence-electron chi connectivity index (χ1n) is 11.8. The monoisotopic (exact) mass is 521 g/mol. The van der Waals surface area contributed by atoms with Crippen LogP contribution in [0.15, 0.2) is 82.8 Å². The number of aliphatic imine (C=N–C) groups is 2. The van der Waals surface area contributed by atoms with Crippen molar-refractivity contribution < 1.29 is 14.3 Å². The van der Waals surface area contributed by atoms with Crippen molar-refractivity contribution in [1.82, 2.24) is 10.2 Å². The van der Waals surface area contributed by atoms with Crippen LogP contribution in [0, 0.1) is 0 Å². The Balaban J connectivity index is 1.83. The maximum Gasteiger partial charge on any atom is 0.221 e. The number of guanidine groups is 2. The van der Waals surface area contributed by atoms with Crippen molar-refractivity contribution in [2.75, 3.05) is 19.5 Å². The first-order chi connectivity index (χ1) is 17.9. The van der Waals surface area contributed by atoms with Crippen molar-refractivity contribution in [3.63, 3.8) is 0 Å². The van der Waals surface area contributed by atoms with Gasteiger partial charge in [0.05, 0.1) is 19.8 Å². The predicted octanol–water partition coefficient (Wildman–Crippen LogP) is 5.34. The first-order valence-corrected chi connectivity index (χ1v) is 12.2. The second kappa shape index (κ2) is 13.9. The zero-order valence-corrected chi connectivity index (χ0v) is 22.2. The minimum atomic E-state index is 0.0703. The summed E-state index contributed by atoms with van der Waals surface area (Å²) in [5.41, 5.74) is 2.66. The number of carbonyl (C=O) groups is 1. The fourth-order valence-corrected chi connectivity index (χ4v) is 3.45. The van der Waals surface area contributed by atoms with Crippen molar-refractivity contribution in [3.05, 3.63) is 88.9 Å². The molecule has 194 valence electrons. The van der Waals surface area contributed by atoms with Crippen LogP contribution in [0.1, 0.15) is 25.0 Å². The molecule has 0 bridgehead atoms. The maximum atomic E-state index is 12.2. The molecule has 3 rings (SSSR count). The molecule has 0 heterocycles. The largest absolute Gasteiger partial charge is 0.497 e. The number of amides is 1. The number of nitrogens with zero attached hydrogens (tertiary/aromatic N) is 3. The highest BCUT2D eigenvalue weighted by Crippen LogP contribution is 2.18. The minimum Gasteiger partial charge on any atom is -0.497 e. The van der Waals surface area contributed by atoms with E-state index in [9.17, 15) is 4.79 Å². The molecule has 9 heteroatoms. The van der Waals surface area contributed by atoms with E-state index in [0.29, 0.717) is 23.5 Å². The number of hydrogen-bond acceptors (Lipinski definition) is 4. The number of hydrogen-bond donors (Lipinski definition) is 2. The Kier molecular flexibility index (Phi) is 10.3. The molecule has 0 fully saturated rings. The third-order valence-corrected chi connectivity index (χ3v) is 5.43. The van der Waals surface area contributed by atoms with Gasteiger partial charge < -0.3 is 20.1 Å². The van der Waals surface area contributed by atoms with E-state index >= 15 is 0 Å². The number of ether oxygens (including phenoxy) is 2. The van der Waals surface area contributed by atoms with Gasteiger partial charge >= 0.3 is 0 Å². The van der Waals surface area contributed by atoms with E-state index in [0.717, 1.165) is 34.7 Å². The molecule has 1 amide bonds. The molecule has 0 spiro atoms. The SMILES string of the molecule is CN=C(/N=C(/Nc1ccc(OC(C)C)cc1)N(C=O)Cc1ccc(Cl)cc1)NCc1ccc(OC)cc1. The van der Waals surface area contributed by atoms with Gasteiger partial charge in [-0.3, -0.25) is 14.7 Å². The molecule has 0 saturated heterocycles. The van der Waals surface area contributed by atoms with Crippen LogP contribution >= 0.6 is 11.6 Å². The lowest BCUT2D eigenvalue weighted by Crippen LogP contribution is -2.37. The molecule has 0 unspecified atom stereocenters. The van der Waals surface area contributed by atoms with Crippen LogP contribution in [0.3, 0.4) is 0 Å². The Morgan fingerprint density at radius 3 is 2.16 bits per heavy atom. The van der Waals surface area contributed by atoms with Gasteiger partial charge in [0.25, 0.3) is 0 Å². The summed E-state index contributed by atoms with van der Waals surface area (Å²) in [4.78, 5) is 22.6. The van der Waals surface area contributed by atoms with Crippen LogP contribution in [-0.4, -0.2) is 43.5 Å². The van der Waals surface area contributed by atoms with Crippen molar-refractivity contribution in [2.45, 2.75) is 33.0 Å². The summed E-state index contributed by atoms with van der Waals surface area (Å²) < 4.78 is 10.9. The van der Waals surface area contributed by atoms with Gasteiger partial charge in [-0.05, 0) is 73.5 Å². The normalized spacial score (nSPS) is 11.7. The fraction of sp³-hybridized carbons (Fsp3) is 0.250. The Bertz CT molecular complexity index is 1190. The van der Waals surface area contributed by atoms with E-state index in [4.69, 9.17) is 21.1 Å². The lowest BCUT2D eigenvalue weighted by molar-refractivity contribution is -0.115. The third kappa shape index (κ3) is 8.84. The van der Waals surface area contributed by atoms with E-state index < -0.39 is 0 Å². The summed E-state index contributed by atoms with van der Waals surface area (Å²) in [6.45, 7) is 4.73. The molecule has 0 saturated carbocycles. The van der Waals surface area contributed by atoms with Crippen LogP contribution in [-0.2, 0) is 17.9 Å². The van der Waals surface area contributed by atoms with Crippen LogP contribution in [0.5, 0.6) is 11.5 Å². The molecule has 8 nitrogen and oxygen atoms in total. The van der Waals surface area contributed by atoms with Crippen LogP contribution < -0.4 is 20.1 Å². The quantitative estimate of drug-likeness (QED) is 0.225. The number of halogens is 1. The van der Waals surface area contributed by atoms with Gasteiger partial charge in [-0.25, -0.2) is 0 Å². The van der Waals surface area contributed by atoms with E-state index in [1.807, 2.05) is 74.5 Å². The van der Waals surface area contributed by atoms with Gasteiger partial charge in [-0.1, -0.05) is 35.9 Å². The van der Waals surface area contributed by atoms with Crippen molar-refractivity contribution >= 4 is 35.6 Å². The predicted molar refractivity (Wildman–Crippen MR) is 150 cm³/mol. The minimum absolute atomic E-state index is 0.0703. The van der Waals surface area contributed by atoms with Gasteiger partial charge in [-0.15, -0.1) is 0 Å². The third-order valence-electron chi connectivity index (χ3n) is 5.18. The van der Waals surface area contributed by atoms with Crippen molar-refractivity contribution in [3.8, 4) is 11.5 Å². The van der Waals surface area contributed by atoms with Crippen LogP contribution in [0.25, 0.3) is 0 Å². The Morgan fingerprint density at radius 1 is 0.973 bits per heavy atom. The summed E-state index contributed by atoms with van der Waals surface area (Å²) >= 11 is 6.03. The highest BCUT2D eigenvalue weighted by Gasteiger charge is 2.14. The van der Waals surface area contributed by atoms with Gasteiger partial charge in [0.2, 0.25) is 18.3 Å². The number of methoxy groups -OCH3 is 1. The molecular weight excluding hydrogens is 490 g/mol. The van der Waals surface area contributed by atoms with Crippen molar-refractivity contribution in [1.29, 1.82) is 0 Å². The zero-order chi connectivity index (χ0) is 26.6. The van der Waals surface area contributed by atoms with Gasteiger partial charge in [-0.2, -0.15) is 4.99 Å². The molecule has 0 atom stereocenters.